The van der Waals surface area contributed by atoms with Crippen LogP contribution in [-0.2, 0) is 27.8 Å². The van der Waals surface area contributed by atoms with Gasteiger partial charge in [0.25, 0.3) is 10.0 Å². The summed E-state index contributed by atoms with van der Waals surface area (Å²) in [5.74, 6) is 0.431. The number of aryl methyl sites for hydroxylation is 1. The Morgan fingerprint density at radius 3 is 2.53 bits per heavy atom. The molecule has 1 aliphatic heterocycles. The van der Waals surface area contributed by atoms with Crippen LogP contribution < -0.4 is 0 Å². The van der Waals surface area contributed by atoms with Crippen LogP contribution in [0.4, 0.5) is 0 Å². The molecule has 1 saturated carbocycles. The number of amides is 1. The summed E-state index contributed by atoms with van der Waals surface area (Å²) in [7, 11) is -3.74. The Balaban J connectivity index is 1.71. The maximum absolute atomic E-state index is 13.5. The standard InChI is InChI=1S/C23H25N3O3S/c1-15-6-8-19(9-7-15)30(28,29)26-14-21(17-4-3-5-17)22-20-10-11-25(16(2)27)13-18(20)12-24-23(22)26/h6-9,12,14,17H,3-5,10-11,13H2,1-2H3. The minimum Gasteiger partial charge on any atom is -0.338 e. The van der Waals surface area contributed by atoms with E-state index in [0.717, 1.165) is 46.9 Å². The number of carbonyl (C=O) groups is 1. The lowest BCUT2D eigenvalue weighted by atomic mass is 9.79. The molecule has 6 nitrogen and oxygen atoms in total. The molecule has 0 saturated heterocycles. The van der Waals surface area contributed by atoms with E-state index in [4.69, 9.17) is 0 Å². The minimum absolute atomic E-state index is 0.0551. The van der Waals surface area contributed by atoms with Gasteiger partial charge in [-0.3, -0.25) is 4.79 Å². The lowest BCUT2D eigenvalue weighted by Crippen LogP contribution is -2.34. The van der Waals surface area contributed by atoms with Crippen LogP contribution in [0.5, 0.6) is 0 Å². The average molecular weight is 424 g/mol. The van der Waals surface area contributed by atoms with Crippen molar-refractivity contribution in [1.29, 1.82) is 0 Å². The van der Waals surface area contributed by atoms with E-state index in [1.807, 2.05) is 24.0 Å². The van der Waals surface area contributed by atoms with Crippen LogP contribution in [0.2, 0.25) is 0 Å². The molecule has 1 aliphatic carbocycles. The normalized spacial score (nSPS) is 17.1. The van der Waals surface area contributed by atoms with Crippen LogP contribution in [0.1, 0.15) is 54.4 Å². The van der Waals surface area contributed by atoms with E-state index in [2.05, 4.69) is 4.98 Å². The molecule has 0 N–H and O–H groups in total. The van der Waals surface area contributed by atoms with E-state index in [1.165, 1.54) is 10.4 Å². The maximum Gasteiger partial charge on any atom is 0.269 e. The van der Waals surface area contributed by atoms with Crippen molar-refractivity contribution in [2.75, 3.05) is 6.54 Å². The van der Waals surface area contributed by atoms with Gasteiger partial charge in [-0.2, -0.15) is 0 Å². The summed E-state index contributed by atoms with van der Waals surface area (Å²) in [6.07, 6.45) is 7.59. The Morgan fingerprint density at radius 2 is 1.90 bits per heavy atom. The van der Waals surface area contributed by atoms with Crippen LogP contribution in [0.3, 0.4) is 0 Å². The summed E-state index contributed by atoms with van der Waals surface area (Å²) in [5, 5.41) is 0.982. The molecule has 0 radical (unpaired) electrons. The third-order valence-corrected chi connectivity index (χ3v) is 8.23. The first-order valence-electron chi connectivity index (χ1n) is 10.5. The van der Waals surface area contributed by atoms with Gasteiger partial charge in [0.2, 0.25) is 5.91 Å². The smallest absolute Gasteiger partial charge is 0.269 e. The highest BCUT2D eigenvalue weighted by molar-refractivity contribution is 7.90. The lowest BCUT2D eigenvalue weighted by Gasteiger charge is -2.30. The quantitative estimate of drug-likeness (QED) is 0.643. The monoisotopic (exact) mass is 423 g/mol. The number of benzene rings is 1. The highest BCUT2D eigenvalue weighted by Gasteiger charge is 2.31. The zero-order valence-electron chi connectivity index (χ0n) is 17.3. The van der Waals surface area contributed by atoms with Crippen LogP contribution in [0.25, 0.3) is 11.0 Å². The van der Waals surface area contributed by atoms with Gasteiger partial charge in [-0.1, -0.05) is 24.1 Å². The number of pyridine rings is 1. The Hall–Kier alpha value is -2.67. The number of fused-ring (bicyclic) bond motifs is 3. The molecule has 30 heavy (non-hydrogen) atoms. The van der Waals surface area contributed by atoms with Crippen LogP contribution in [0, 0.1) is 6.92 Å². The minimum atomic E-state index is -3.74. The summed E-state index contributed by atoms with van der Waals surface area (Å²) in [4.78, 5) is 18.5. The second kappa shape index (κ2) is 6.94. The van der Waals surface area contributed by atoms with Gasteiger partial charge in [-0.15, -0.1) is 0 Å². The van der Waals surface area contributed by atoms with Crippen LogP contribution >= 0.6 is 0 Å². The van der Waals surface area contributed by atoms with E-state index in [-0.39, 0.29) is 10.8 Å². The molecule has 0 atom stereocenters. The molecular formula is C23H25N3O3S. The topological polar surface area (TPSA) is 72.3 Å². The van der Waals surface area contributed by atoms with E-state index < -0.39 is 10.0 Å². The van der Waals surface area contributed by atoms with Gasteiger partial charge in [0.15, 0.2) is 5.65 Å². The van der Waals surface area contributed by atoms with Crippen molar-refractivity contribution >= 4 is 27.0 Å². The van der Waals surface area contributed by atoms with Gasteiger partial charge >= 0.3 is 0 Å². The van der Waals surface area contributed by atoms with Gasteiger partial charge < -0.3 is 4.90 Å². The Kier molecular flexibility index (Phi) is 4.47. The summed E-state index contributed by atoms with van der Waals surface area (Å²) >= 11 is 0. The van der Waals surface area contributed by atoms with Gasteiger partial charge in [-0.05, 0) is 60.9 Å². The molecule has 3 heterocycles. The SMILES string of the molecule is CC(=O)N1CCc2c(cnc3c2c(C2CCC2)cn3S(=O)(=O)c2ccc(C)cc2)C1. The summed E-state index contributed by atoms with van der Waals surface area (Å²) in [5.41, 5.74) is 4.79. The molecule has 1 aromatic carbocycles. The highest BCUT2D eigenvalue weighted by Crippen LogP contribution is 2.43. The molecule has 5 rings (SSSR count). The second-order valence-electron chi connectivity index (χ2n) is 8.48. The third-order valence-electron chi connectivity index (χ3n) is 6.57. The molecule has 1 fully saturated rings. The number of hydrogen-bond acceptors (Lipinski definition) is 4. The van der Waals surface area contributed by atoms with E-state index >= 15 is 0 Å². The first-order valence-corrected chi connectivity index (χ1v) is 11.9. The van der Waals surface area contributed by atoms with Crippen molar-refractivity contribution in [1.82, 2.24) is 13.9 Å². The fourth-order valence-electron chi connectivity index (χ4n) is 4.56. The fraction of sp³-hybridized carbons (Fsp3) is 0.391. The maximum atomic E-state index is 13.5. The number of carbonyl (C=O) groups excluding carboxylic acids is 1. The first kappa shape index (κ1) is 19.3. The molecule has 0 spiro atoms. The van der Waals surface area contributed by atoms with Crippen LogP contribution in [0.15, 0.2) is 41.6 Å². The van der Waals surface area contributed by atoms with E-state index in [0.29, 0.717) is 24.7 Å². The molecule has 0 bridgehead atoms. The van der Waals surface area contributed by atoms with Gasteiger partial charge in [0.05, 0.1) is 4.90 Å². The zero-order valence-corrected chi connectivity index (χ0v) is 18.1. The predicted molar refractivity (Wildman–Crippen MR) is 115 cm³/mol. The largest absolute Gasteiger partial charge is 0.338 e. The van der Waals surface area contributed by atoms with Crippen molar-refractivity contribution < 1.29 is 13.2 Å². The number of rotatable bonds is 3. The molecule has 3 aromatic rings. The summed E-state index contributed by atoms with van der Waals surface area (Å²) < 4.78 is 28.3. The highest BCUT2D eigenvalue weighted by atomic mass is 32.2. The number of hydrogen-bond donors (Lipinski definition) is 0. The first-order chi connectivity index (χ1) is 14.4. The van der Waals surface area contributed by atoms with Crippen molar-refractivity contribution in [3.8, 4) is 0 Å². The zero-order chi connectivity index (χ0) is 21.0. The van der Waals surface area contributed by atoms with Crippen molar-refractivity contribution in [2.24, 2.45) is 0 Å². The van der Waals surface area contributed by atoms with Gasteiger partial charge in [0.1, 0.15) is 0 Å². The second-order valence-corrected chi connectivity index (χ2v) is 10.3. The molecule has 2 aliphatic rings. The molecule has 2 aromatic heterocycles. The van der Waals surface area contributed by atoms with Crippen molar-refractivity contribution in [2.45, 2.75) is 56.9 Å². The summed E-state index contributed by atoms with van der Waals surface area (Å²) in [6.45, 7) is 4.71. The lowest BCUT2D eigenvalue weighted by molar-refractivity contribution is -0.129. The van der Waals surface area contributed by atoms with Crippen LogP contribution in [-0.4, -0.2) is 34.7 Å². The molecule has 1 amide bonds. The van der Waals surface area contributed by atoms with E-state index in [9.17, 15) is 13.2 Å². The number of nitrogens with zero attached hydrogens (tertiary/aromatic N) is 3. The Morgan fingerprint density at radius 1 is 1.17 bits per heavy atom. The average Bonchev–Trinajstić information content (AvgIpc) is 3.07. The molecule has 156 valence electrons. The third kappa shape index (κ3) is 2.95. The fourth-order valence-corrected chi connectivity index (χ4v) is 5.88. The summed E-state index contributed by atoms with van der Waals surface area (Å²) in [6, 6.07) is 6.94. The van der Waals surface area contributed by atoms with Gasteiger partial charge in [-0.25, -0.2) is 17.4 Å². The Bertz CT molecular complexity index is 1260. The molecule has 7 heteroatoms. The van der Waals surface area contributed by atoms with Crippen molar-refractivity contribution in [3.05, 3.63) is 58.9 Å². The predicted octanol–water partition coefficient (Wildman–Crippen LogP) is 3.75. The van der Waals surface area contributed by atoms with Crippen molar-refractivity contribution in [3.63, 3.8) is 0 Å². The Labute approximate surface area is 176 Å². The van der Waals surface area contributed by atoms with E-state index in [1.54, 1.807) is 31.5 Å². The van der Waals surface area contributed by atoms with Gasteiger partial charge in [0, 0.05) is 37.8 Å². The molecule has 0 unspecified atom stereocenters. The number of aromatic nitrogens is 2. The molecular weight excluding hydrogens is 398 g/mol.